The van der Waals surface area contributed by atoms with Gasteiger partial charge in [-0.2, -0.15) is 0 Å². The van der Waals surface area contributed by atoms with E-state index in [0.29, 0.717) is 12.8 Å². The lowest BCUT2D eigenvalue weighted by Crippen LogP contribution is -2.48. The molecule has 0 aliphatic carbocycles. The summed E-state index contributed by atoms with van der Waals surface area (Å²) < 4.78 is 5.60. The Labute approximate surface area is 214 Å². The van der Waals surface area contributed by atoms with Crippen LogP contribution in [0, 0.1) is 0 Å². The van der Waals surface area contributed by atoms with Gasteiger partial charge in [-0.3, -0.25) is 4.79 Å². The monoisotopic (exact) mass is 505 g/mol. The summed E-state index contributed by atoms with van der Waals surface area (Å²) in [4.78, 5) is 54.7. The van der Waals surface area contributed by atoms with Crippen LogP contribution in [0.3, 0.4) is 0 Å². The highest BCUT2D eigenvalue weighted by atomic mass is 16.6. The number of anilines is 1. The van der Waals surface area contributed by atoms with E-state index >= 15 is 0 Å². The van der Waals surface area contributed by atoms with Gasteiger partial charge in [0, 0.05) is 22.8 Å². The molecule has 1 aliphatic rings. The van der Waals surface area contributed by atoms with E-state index < -0.39 is 35.5 Å². The first-order chi connectivity index (χ1) is 17.5. The van der Waals surface area contributed by atoms with Gasteiger partial charge in [-0.15, -0.1) is 0 Å². The number of H-pyrrole nitrogens is 1. The first kappa shape index (κ1) is 25.7. The number of carboxylic acid groups (broad SMARTS) is 1. The second kappa shape index (κ2) is 10.3. The van der Waals surface area contributed by atoms with Crippen LogP contribution in [0.4, 0.5) is 10.5 Å². The Morgan fingerprint density at radius 2 is 1.84 bits per heavy atom. The van der Waals surface area contributed by atoms with Gasteiger partial charge in [0.15, 0.2) is 0 Å². The van der Waals surface area contributed by atoms with Gasteiger partial charge >= 0.3 is 12.0 Å². The van der Waals surface area contributed by atoms with Crippen molar-refractivity contribution in [2.24, 2.45) is 0 Å². The quantitative estimate of drug-likeness (QED) is 0.440. The van der Waals surface area contributed by atoms with Crippen LogP contribution in [0.2, 0.25) is 0 Å². The molecular formula is C27H29N4O6-. The van der Waals surface area contributed by atoms with Crippen molar-refractivity contribution < 1.29 is 29.0 Å². The Morgan fingerprint density at radius 3 is 2.57 bits per heavy atom. The molecule has 2 heterocycles. The number of amides is 3. The molecule has 3 N–H and O–H groups in total. The van der Waals surface area contributed by atoms with E-state index in [1.54, 1.807) is 20.8 Å². The lowest BCUT2D eigenvalue weighted by Gasteiger charge is -2.31. The SMILES string of the molecule is CC(C)(C)OC(=O)C1CCC(c2c[nH]c3ccccc23)N1C(=O)CNC(=O)Nc1cccc(C(=O)[O-])c1. The van der Waals surface area contributed by atoms with Crippen LogP contribution in [-0.2, 0) is 14.3 Å². The molecule has 2 atom stereocenters. The highest BCUT2D eigenvalue weighted by molar-refractivity contribution is 5.95. The smallest absolute Gasteiger partial charge is 0.329 e. The summed E-state index contributed by atoms with van der Waals surface area (Å²) in [5.74, 6) is -2.31. The number of carbonyl (C=O) groups is 4. The zero-order valence-corrected chi connectivity index (χ0v) is 20.9. The standard InChI is InChI=1S/C27H30N4O6/c1-27(2,3)37-25(35)22-12-11-21(19-14-28-20-10-5-4-9-18(19)20)31(22)23(32)15-29-26(36)30-17-8-6-7-16(13-17)24(33)34/h4-10,13-14,21-22,28H,11-12,15H2,1-3H3,(H,33,34)(H2,29,30,36)/p-1. The van der Waals surface area contributed by atoms with Crippen molar-refractivity contribution in [3.8, 4) is 0 Å². The van der Waals surface area contributed by atoms with Crippen LogP contribution in [0.15, 0.2) is 54.7 Å². The van der Waals surface area contributed by atoms with Gasteiger partial charge in [-0.05, 0) is 62.9 Å². The zero-order valence-electron chi connectivity index (χ0n) is 20.9. The van der Waals surface area contributed by atoms with Crippen molar-refractivity contribution in [1.82, 2.24) is 15.2 Å². The third-order valence-corrected chi connectivity index (χ3v) is 6.09. The fourth-order valence-corrected chi connectivity index (χ4v) is 4.58. The summed E-state index contributed by atoms with van der Waals surface area (Å²) in [5, 5.41) is 17.0. The molecule has 0 radical (unpaired) electrons. The van der Waals surface area contributed by atoms with E-state index in [1.807, 2.05) is 30.5 Å². The minimum absolute atomic E-state index is 0.0901. The first-order valence-electron chi connectivity index (χ1n) is 12.0. The van der Waals surface area contributed by atoms with Gasteiger partial charge in [0.05, 0.1) is 18.6 Å². The molecule has 3 amide bonds. The number of nitrogens with zero attached hydrogens (tertiary/aromatic N) is 1. The second-order valence-corrected chi connectivity index (χ2v) is 9.91. The maximum atomic E-state index is 13.4. The van der Waals surface area contributed by atoms with Crippen LogP contribution in [0.5, 0.6) is 0 Å². The van der Waals surface area contributed by atoms with E-state index in [9.17, 15) is 24.3 Å². The van der Waals surface area contributed by atoms with Crippen LogP contribution in [0.25, 0.3) is 10.9 Å². The van der Waals surface area contributed by atoms with Gasteiger partial charge in [0.2, 0.25) is 5.91 Å². The fourth-order valence-electron chi connectivity index (χ4n) is 4.58. The van der Waals surface area contributed by atoms with E-state index in [4.69, 9.17) is 4.74 Å². The van der Waals surface area contributed by atoms with Crippen LogP contribution < -0.4 is 15.7 Å². The number of hydrogen-bond acceptors (Lipinski definition) is 6. The summed E-state index contributed by atoms with van der Waals surface area (Å²) in [7, 11) is 0. The highest BCUT2D eigenvalue weighted by Crippen LogP contribution is 2.40. The third-order valence-electron chi connectivity index (χ3n) is 6.09. The normalized spacial score (nSPS) is 17.4. The predicted molar refractivity (Wildman–Crippen MR) is 135 cm³/mol. The van der Waals surface area contributed by atoms with Crippen LogP contribution >= 0.6 is 0 Å². The molecule has 1 aliphatic heterocycles. The van der Waals surface area contributed by atoms with Crippen molar-refractivity contribution in [3.63, 3.8) is 0 Å². The number of urea groups is 1. The Kier molecular flexibility index (Phi) is 7.19. The minimum Gasteiger partial charge on any atom is -0.545 e. The van der Waals surface area contributed by atoms with E-state index in [-0.39, 0.29) is 23.8 Å². The molecular weight excluding hydrogens is 476 g/mol. The number of aromatic amines is 1. The Morgan fingerprint density at radius 1 is 1.08 bits per heavy atom. The van der Waals surface area contributed by atoms with E-state index in [0.717, 1.165) is 16.5 Å². The highest BCUT2D eigenvalue weighted by Gasteiger charge is 2.44. The van der Waals surface area contributed by atoms with Crippen LogP contribution in [0.1, 0.15) is 55.6 Å². The van der Waals surface area contributed by atoms with Crippen molar-refractivity contribution >= 4 is 40.5 Å². The largest absolute Gasteiger partial charge is 0.545 e. The summed E-state index contributed by atoms with van der Waals surface area (Å²) in [5.41, 5.74) is 1.23. The number of rotatable bonds is 6. The summed E-state index contributed by atoms with van der Waals surface area (Å²) in [6.07, 6.45) is 2.82. The molecule has 37 heavy (non-hydrogen) atoms. The number of likely N-dealkylation sites (tertiary alicyclic amines) is 1. The second-order valence-electron chi connectivity index (χ2n) is 9.91. The molecule has 1 saturated heterocycles. The number of carboxylic acids is 1. The van der Waals surface area contributed by atoms with Gasteiger partial charge in [-0.25, -0.2) is 9.59 Å². The molecule has 10 heteroatoms. The van der Waals surface area contributed by atoms with Crippen molar-refractivity contribution in [2.45, 2.75) is 51.3 Å². The van der Waals surface area contributed by atoms with Gasteiger partial charge in [0.25, 0.3) is 0 Å². The Balaban J connectivity index is 1.52. The number of para-hydroxylation sites is 1. The number of hydrogen-bond donors (Lipinski definition) is 3. The average Bonchev–Trinajstić information content (AvgIpc) is 3.46. The first-order valence-corrected chi connectivity index (χ1v) is 12.0. The van der Waals surface area contributed by atoms with Gasteiger partial charge < -0.3 is 35.2 Å². The zero-order chi connectivity index (χ0) is 26.7. The van der Waals surface area contributed by atoms with Crippen molar-refractivity contribution in [3.05, 3.63) is 65.9 Å². The third kappa shape index (κ3) is 5.91. The van der Waals surface area contributed by atoms with E-state index in [1.165, 1.54) is 29.2 Å². The van der Waals surface area contributed by atoms with Crippen LogP contribution in [-0.4, -0.2) is 51.9 Å². The Bertz CT molecular complexity index is 1340. The molecule has 2 unspecified atom stereocenters. The lowest BCUT2D eigenvalue weighted by molar-refractivity contribution is -0.255. The van der Waals surface area contributed by atoms with Crippen molar-refractivity contribution in [1.29, 1.82) is 0 Å². The molecule has 1 fully saturated rings. The predicted octanol–water partition coefficient (Wildman–Crippen LogP) is 2.73. The summed E-state index contributed by atoms with van der Waals surface area (Å²) >= 11 is 0. The number of esters is 1. The fraction of sp³-hybridized carbons (Fsp3) is 0.333. The molecule has 4 rings (SSSR count). The number of aromatic nitrogens is 1. The van der Waals surface area contributed by atoms with Gasteiger partial charge in [0.1, 0.15) is 11.6 Å². The molecule has 194 valence electrons. The number of fused-ring (bicyclic) bond motifs is 1. The molecule has 0 bridgehead atoms. The van der Waals surface area contributed by atoms with Crippen molar-refractivity contribution in [2.75, 3.05) is 11.9 Å². The lowest BCUT2D eigenvalue weighted by atomic mass is 10.0. The maximum Gasteiger partial charge on any atom is 0.329 e. The molecule has 0 spiro atoms. The number of aromatic carboxylic acids is 1. The number of nitrogens with one attached hydrogen (secondary N) is 3. The molecule has 2 aromatic carbocycles. The Hall–Kier alpha value is -4.34. The molecule has 1 aromatic heterocycles. The minimum atomic E-state index is -1.37. The summed E-state index contributed by atoms with van der Waals surface area (Å²) in [6, 6.07) is 11.4. The number of ether oxygens (including phenoxy) is 1. The molecule has 10 nitrogen and oxygen atoms in total. The van der Waals surface area contributed by atoms with Gasteiger partial charge in [-0.1, -0.05) is 30.3 Å². The number of carbonyl (C=O) groups excluding carboxylic acids is 4. The topological polar surface area (TPSA) is 144 Å². The molecule has 0 saturated carbocycles. The van der Waals surface area contributed by atoms with E-state index in [2.05, 4.69) is 15.6 Å². The molecule has 3 aromatic rings. The average molecular weight is 506 g/mol. The summed E-state index contributed by atoms with van der Waals surface area (Å²) in [6.45, 7) is 4.93. The number of benzene rings is 2. The maximum absolute atomic E-state index is 13.4.